The summed E-state index contributed by atoms with van der Waals surface area (Å²) in [6.45, 7) is 4.25. The van der Waals surface area contributed by atoms with Crippen LogP contribution >= 0.6 is 12.2 Å². The zero-order valence-electron chi connectivity index (χ0n) is 7.63. The van der Waals surface area contributed by atoms with Gasteiger partial charge in [-0.3, -0.25) is 5.43 Å². The molecule has 0 aromatic rings. The standard InChI is InChI=1S/C7H16N4S/c1-8-7(12)9-11-5-3-10(2)4-6-11/h3-6H2,1-2H3,(H2,8,9,12). The molecular formula is C7H16N4S. The molecule has 0 atom stereocenters. The molecule has 1 rings (SSSR count). The number of thiocarbonyl (C=S) groups is 1. The van der Waals surface area contributed by atoms with Gasteiger partial charge in [0.1, 0.15) is 0 Å². The van der Waals surface area contributed by atoms with Crippen LogP contribution in [0.1, 0.15) is 0 Å². The summed E-state index contributed by atoms with van der Waals surface area (Å²) >= 11 is 4.99. The van der Waals surface area contributed by atoms with Gasteiger partial charge in [-0.25, -0.2) is 5.01 Å². The average Bonchev–Trinajstić information content (AvgIpc) is 2.09. The molecule has 0 bridgehead atoms. The van der Waals surface area contributed by atoms with Crippen LogP contribution in [0.25, 0.3) is 0 Å². The van der Waals surface area contributed by atoms with E-state index in [0.29, 0.717) is 5.11 Å². The van der Waals surface area contributed by atoms with Crippen LogP contribution in [0.15, 0.2) is 0 Å². The summed E-state index contributed by atoms with van der Waals surface area (Å²) in [5.74, 6) is 0. The Hall–Kier alpha value is -0.390. The predicted octanol–water partition coefficient (Wildman–Crippen LogP) is -0.757. The van der Waals surface area contributed by atoms with Crippen molar-refractivity contribution in [3.63, 3.8) is 0 Å². The summed E-state index contributed by atoms with van der Waals surface area (Å²) in [5, 5.41) is 5.72. The monoisotopic (exact) mass is 188 g/mol. The van der Waals surface area contributed by atoms with E-state index >= 15 is 0 Å². The number of hydrogen-bond acceptors (Lipinski definition) is 3. The van der Waals surface area contributed by atoms with Gasteiger partial charge >= 0.3 is 0 Å². The minimum Gasteiger partial charge on any atom is -0.365 e. The molecule has 0 spiro atoms. The van der Waals surface area contributed by atoms with Crippen molar-refractivity contribution >= 4 is 17.3 Å². The summed E-state index contributed by atoms with van der Waals surface area (Å²) in [6, 6.07) is 0. The number of piperazine rings is 1. The predicted molar refractivity (Wildman–Crippen MR) is 53.9 cm³/mol. The highest BCUT2D eigenvalue weighted by molar-refractivity contribution is 7.80. The highest BCUT2D eigenvalue weighted by Gasteiger charge is 2.13. The Morgan fingerprint density at radius 1 is 1.25 bits per heavy atom. The van der Waals surface area contributed by atoms with Crippen LogP contribution in [-0.4, -0.2) is 55.3 Å². The van der Waals surface area contributed by atoms with Gasteiger partial charge in [0, 0.05) is 33.2 Å². The molecule has 70 valence electrons. The SMILES string of the molecule is CNC(=S)NN1CCN(C)CC1. The highest BCUT2D eigenvalue weighted by Crippen LogP contribution is 1.94. The Morgan fingerprint density at radius 3 is 2.33 bits per heavy atom. The van der Waals surface area contributed by atoms with E-state index in [0.717, 1.165) is 26.2 Å². The van der Waals surface area contributed by atoms with Gasteiger partial charge in [-0.15, -0.1) is 0 Å². The van der Waals surface area contributed by atoms with Gasteiger partial charge in [-0.05, 0) is 19.3 Å². The molecule has 1 aliphatic rings. The zero-order chi connectivity index (χ0) is 8.97. The van der Waals surface area contributed by atoms with E-state index in [1.807, 2.05) is 7.05 Å². The molecule has 4 nitrogen and oxygen atoms in total. The Morgan fingerprint density at radius 2 is 1.83 bits per heavy atom. The van der Waals surface area contributed by atoms with Crippen LogP contribution in [0.5, 0.6) is 0 Å². The quantitative estimate of drug-likeness (QED) is 0.528. The van der Waals surface area contributed by atoms with Crippen molar-refractivity contribution in [1.82, 2.24) is 20.7 Å². The molecule has 1 heterocycles. The second-order valence-corrected chi connectivity index (χ2v) is 3.39. The van der Waals surface area contributed by atoms with Crippen molar-refractivity contribution in [2.75, 3.05) is 40.3 Å². The fourth-order valence-corrected chi connectivity index (χ4v) is 1.25. The van der Waals surface area contributed by atoms with Gasteiger partial charge in [0.2, 0.25) is 0 Å². The Balaban J connectivity index is 2.21. The Labute approximate surface area is 78.9 Å². The first-order valence-corrected chi connectivity index (χ1v) is 4.55. The molecule has 2 N–H and O–H groups in total. The highest BCUT2D eigenvalue weighted by atomic mass is 32.1. The van der Waals surface area contributed by atoms with Crippen molar-refractivity contribution < 1.29 is 0 Å². The molecule has 5 heteroatoms. The molecule has 1 aliphatic heterocycles. The number of likely N-dealkylation sites (N-methyl/N-ethyl adjacent to an activating group) is 1. The van der Waals surface area contributed by atoms with E-state index in [9.17, 15) is 0 Å². The molecule has 1 fully saturated rings. The summed E-state index contributed by atoms with van der Waals surface area (Å²) in [5.41, 5.74) is 3.12. The molecular weight excluding hydrogens is 172 g/mol. The van der Waals surface area contributed by atoms with Gasteiger partial charge in [-0.2, -0.15) is 0 Å². The second kappa shape index (κ2) is 4.59. The van der Waals surface area contributed by atoms with Crippen molar-refractivity contribution in [3.8, 4) is 0 Å². The van der Waals surface area contributed by atoms with E-state index in [1.165, 1.54) is 0 Å². The Bertz CT molecular complexity index is 153. The molecule has 0 saturated carbocycles. The number of rotatable bonds is 1. The molecule has 0 amide bonds. The molecule has 12 heavy (non-hydrogen) atoms. The number of hydrazine groups is 1. The van der Waals surface area contributed by atoms with E-state index in [-0.39, 0.29) is 0 Å². The topological polar surface area (TPSA) is 30.5 Å². The van der Waals surface area contributed by atoms with E-state index < -0.39 is 0 Å². The van der Waals surface area contributed by atoms with E-state index in [2.05, 4.69) is 27.7 Å². The third-order valence-corrected chi connectivity index (χ3v) is 2.29. The lowest BCUT2D eigenvalue weighted by molar-refractivity contribution is 0.130. The first kappa shape index (κ1) is 9.70. The number of nitrogens with zero attached hydrogens (tertiary/aromatic N) is 2. The average molecular weight is 188 g/mol. The Kier molecular flexibility index (Phi) is 3.71. The van der Waals surface area contributed by atoms with Crippen LogP contribution in [-0.2, 0) is 0 Å². The fraction of sp³-hybridized carbons (Fsp3) is 0.857. The maximum Gasteiger partial charge on any atom is 0.180 e. The van der Waals surface area contributed by atoms with Crippen LogP contribution in [0.2, 0.25) is 0 Å². The molecule has 0 radical (unpaired) electrons. The minimum atomic E-state index is 0.694. The van der Waals surface area contributed by atoms with Crippen molar-refractivity contribution in [3.05, 3.63) is 0 Å². The third-order valence-electron chi connectivity index (χ3n) is 1.99. The van der Waals surface area contributed by atoms with Crippen LogP contribution in [0.3, 0.4) is 0 Å². The lowest BCUT2D eigenvalue weighted by Crippen LogP contribution is -2.54. The third kappa shape index (κ3) is 2.92. The fourth-order valence-electron chi connectivity index (χ4n) is 1.12. The lowest BCUT2D eigenvalue weighted by Gasteiger charge is -2.32. The molecule has 0 aromatic heterocycles. The van der Waals surface area contributed by atoms with E-state index in [4.69, 9.17) is 12.2 Å². The normalized spacial score (nSPS) is 20.5. The summed E-state index contributed by atoms with van der Waals surface area (Å²) < 4.78 is 0. The molecule has 0 aromatic carbocycles. The van der Waals surface area contributed by atoms with Crippen molar-refractivity contribution in [2.45, 2.75) is 0 Å². The summed E-state index contributed by atoms with van der Waals surface area (Å²) in [7, 11) is 3.96. The van der Waals surface area contributed by atoms with Gasteiger partial charge < -0.3 is 10.2 Å². The van der Waals surface area contributed by atoms with E-state index in [1.54, 1.807) is 0 Å². The van der Waals surface area contributed by atoms with Crippen LogP contribution < -0.4 is 10.7 Å². The number of hydrogen-bond donors (Lipinski definition) is 2. The van der Waals surface area contributed by atoms with Gasteiger partial charge in [0.15, 0.2) is 5.11 Å². The smallest absolute Gasteiger partial charge is 0.180 e. The first-order valence-electron chi connectivity index (χ1n) is 4.14. The van der Waals surface area contributed by atoms with Gasteiger partial charge in [-0.1, -0.05) is 0 Å². The number of nitrogens with one attached hydrogen (secondary N) is 2. The summed E-state index contributed by atoms with van der Waals surface area (Å²) in [4.78, 5) is 2.31. The second-order valence-electron chi connectivity index (χ2n) is 2.98. The van der Waals surface area contributed by atoms with Gasteiger partial charge in [0.25, 0.3) is 0 Å². The van der Waals surface area contributed by atoms with Gasteiger partial charge in [0.05, 0.1) is 0 Å². The van der Waals surface area contributed by atoms with Crippen molar-refractivity contribution in [2.24, 2.45) is 0 Å². The van der Waals surface area contributed by atoms with Crippen molar-refractivity contribution in [1.29, 1.82) is 0 Å². The molecule has 0 unspecified atom stereocenters. The largest absolute Gasteiger partial charge is 0.365 e. The first-order chi connectivity index (χ1) is 5.72. The lowest BCUT2D eigenvalue weighted by atomic mass is 10.4. The minimum absolute atomic E-state index is 0.694. The maximum absolute atomic E-state index is 4.99. The van der Waals surface area contributed by atoms with Crippen LogP contribution in [0, 0.1) is 0 Å². The maximum atomic E-state index is 4.99. The molecule has 1 saturated heterocycles. The molecule has 0 aliphatic carbocycles. The summed E-state index contributed by atoms with van der Waals surface area (Å²) in [6.07, 6.45) is 0. The zero-order valence-corrected chi connectivity index (χ0v) is 8.45. The van der Waals surface area contributed by atoms with Crippen LogP contribution in [0.4, 0.5) is 0 Å².